The molecular weight excluding hydrogens is 316 g/mol. The maximum Gasteiger partial charge on any atom is 0.262 e. The predicted octanol–water partition coefficient (Wildman–Crippen LogP) is 0.465. The molecule has 1 atom stereocenters. The van der Waals surface area contributed by atoms with E-state index in [1.165, 1.54) is 22.2 Å². The molecule has 1 aliphatic rings. The van der Waals surface area contributed by atoms with Crippen LogP contribution in [0.15, 0.2) is 27.1 Å². The van der Waals surface area contributed by atoms with Crippen LogP contribution < -0.4 is 10.9 Å². The minimum Gasteiger partial charge on any atom is -0.337 e. The molecule has 1 N–H and O–H groups in total. The lowest BCUT2D eigenvalue weighted by atomic mass is 10.2. The van der Waals surface area contributed by atoms with Crippen LogP contribution in [-0.2, 0) is 6.54 Å². The first-order valence-electron chi connectivity index (χ1n) is 7.38. The first-order chi connectivity index (χ1) is 11.2. The lowest BCUT2D eigenvalue weighted by Crippen LogP contribution is -2.44. The van der Waals surface area contributed by atoms with E-state index in [1.54, 1.807) is 6.07 Å². The fourth-order valence-corrected chi connectivity index (χ4v) is 3.44. The van der Waals surface area contributed by atoms with Crippen molar-refractivity contribution in [1.29, 1.82) is 0 Å². The molecule has 0 bridgehead atoms. The number of nitrogens with one attached hydrogen (secondary N) is 1. The zero-order chi connectivity index (χ0) is 15.8. The summed E-state index contributed by atoms with van der Waals surface area (Å²) in [5, 5.41) is 9.87. The van der Waals surface area contributed by atoms with Gasteiger partial charge in [0.25, 0.3) is 5.56 Å². The van der Waals surface area contributed by atoms with Gasteiger partial charge in [-0.05, 0) is 18.5 Å². The third-order valence-electron chi connectivity index (χ3n) is 4.05. The van der Waals surface area contributed by atoms with Crippen molar-refractivity contribution < 1.29 is 4.52 Å². The molecule has 1 saturated heterocycles. The molecule has 120 valence electrons. The van der Waals surface area contributed by atoms with Gasteiger partial charge in [0.05, 0.1) is 17.8 Å². The van der Waals surface area contributed by atoms with Crippen LogP contribution in [0.1, 0.15) is 17.8 Å². The summed E-state index contributed by atoms with van der Waals surface area (Å²) in [5.41, 5.74) is -0.0903. The second-order valence-electron chi connectivity index (χ2n) is 5.56. The standard InChI is InChI=1S/C14H16N6O2S/c1-19-4-3-15-6-10(19)12-17-11(22-18-12)7-20-8-16-13-9(14(20)21)2-5-23-13/h2,5,8,10,15H,3-4,6-7H2,1H3. The van der Waals surface area contributed by atoms with Gasteiger partial charge in [0, 0.05) is 19.6 Å². The van der Waals surface area contributed by atoms with Crippen LogP contribution in [0, 0.1) is 0 Å². The van der Waals surface area contributed by atoms with Crippen molar-refractivity contribution in [2.24, 2.45) is 0 Å². The molecule has 1 unspecified atom stereocenters. The Morgan fingerprint density at radius 3 is 3.30 bits per heavy atom. The van der Waals surface area contributed by atoms with Gasteiger partial charge in [-0.2, -0.15) is 4.98 Å². The minimum absolute atomic E-state index is 0.0903. The van der Waals surface area contributed by atoms with E-state index in [2.05, 4.69) is 25.3 Å². The van der Waals surface area contributed by atoms with Crippen molar-refractivity contribution in [3.63, 3.8) is 0 Å². The summed E-state index contributed by atoms with van der Waals surface area (Å²) < 4.78 is 6.81. The van der Waals surface area contributed by atoms with Crippen LogP contribution >= 0.6 is 11.3 Å². The highest BCUT2D eigenvalue weighted by Crippen LogP contribution is 2.18. The van der Waals surface area contributed by atoms with Gasteiger partial charge in [0.2, 0.25) is 5.89 Å². The van der Waals surface area contributed by atoms with Crippen molar-refractivity contribution in [3.8, 4) is 0 Å². The molecule has 23 heavy (non-hydrogen) atoms. The molecule has 0 aliphatic carbocycles. The molecule has 1 aliphatic heterocycles. The number of fused-ring (bicyclic) bond motifs is 1. The number of likely N-dealkylation sites (N-methyl/N-ethyl adjacent to an activating group) is 1. The van der Waals surface area contributed by atoms with E-state index in [0.717, 1.165) is 24.5 Å². The molecule has 0 aromatic carbocycles. The van der Waals surface area contributed by atoms with E-state index >= 15 is 0 Å². The third-order valence-corrected chi connectivity index (χ3v) is 4.87. The molecule has 9 heteroatoms. The van der Waals surface area contributed by atoms with Crippen molar-refractivity contribution in [2.45, 2.75) is 12.6 Å². The summed E-state index contributed by atoms with van der Waals surface area (Å²) in [6.07, 6.45) is 1.53. The Labute approximate surface area is 135 Å². The summed E-state index contributed by atoms with van der Waals surface area (Å²) in [5.74, 6) is 1.06. The SMILES string of the molecule is CN1CCNCC1c1noc(Cn2cnc3sccc3c2=O)n1. The van der Waals surface area contributed by atoms with Crippen LogP contribution in [0.5, 0.6) is 0 Å². The van der Waals surface area contributed by atoms with Gasteiger partial charge in [0.1, 0.15) is 11.4 Å². The maximum atomic E-state index is 12.4. The Morgan fingerprint density at radius 1 is 1.52 bits per heavy atom. The topological polar surface area (TPSA) is 89.1 Å². The summed E-state index contributed by atoms with van der Waals surface area (Å²) >= 11 is 1.45. The number of aromatic nitrogens is 4. The Balaban J connectivity index is 1.59. The largest absolute Gasteiger partial charge is 0.337 e. The number of nitrogens with zero attached hydrogens (tertiary/aromatic N) is 5. The van der Waals surface area contributed by atoms with Crippen LogP contribution in [0.2, 0.25) is 0 Å². The number of rotatable bonds is 3. The van der Waals surface area contributed by atoms with E-state index in [1.807, 2.05) is 12.4 Å². The van der Waals surface area contributed by atoms with E-state index in [9.17, 15) is 4.79 Å². The Morgan fingerprint density at radius 2 is 2.43 bits per heavy atom. The van der Waals surface area contributed by atoms with Crippen molar-refractivity contribution in [1.82, 2.24) is 29.9 Å². The lowest BCUT2D eigenvalue weighted by Gasteiger charge is -2.30. The first kappa shape index (κ1) is 14.5. The fraction of sp³-hybridized carbons (Fsp3) is 0.429. The van der Waals surface area contributed by atoms with Crippen molar-refractivity contribution >= 4 is 21.6 Å². The number of hydrogen-bond donors (Lipinski definition) is 1. The molecule has 3 aromatic heterocycles. The highest BCUT2D eigenvalue weighted by molar-refractivity contribution is 7.16. The molecule has 3 aromatic rings. The minimum atomic E-state index is -0.0903. The monoisotopic (exact) mass is 332 g/mol. The summed E-state index contributed by atoms with van der Waals surface area (Å²) in [6.45, 7) is 2.92. The lowest BCUT2D eigenvalue weighted by molar-refractivity contribution is 0.190. The summed E-state index contributed by atoms with van der Waals surface area (Å²) in [6, 6.07) is 1.88. The Hall–Kier alpha value is -2.10. The summed E-state index contributed by atoms with van der Waals surface area (Å²) in [4.78, 5) is 24.0. The molecule has 0 saturated carbocycles. The average molecular weight is 332 g/mol. The summed E-state index contributed by atoms with van der Waals surface area (Å²) in [7, 11) is 2.04. The van der Waals surface area contributed by atoms with E-state index in [4.69, 9.17) is 4.52 Å². The molecule has 4 heterocycles. The number of piperazine rings is 1. The van der Waals surface area contributed by atoms with Crippen LogP contribution in [0.4, 0.5) is 0 Å². The molecule has 0 spiro atoms. The van der Waals surface area contributed by atoms with E-state index < -0.39 is 0 Å². The average Bonchev–Trinajstić information content (AvgIpc) is 3.20. The van der Waals surface area contributed by atoms with Gasteiger partial charge in [-0.1, -0.05) is 5.16 Å². The molecule has 0 radical (unpaired) electrons. The van der Waals surface area contributed by atoms with Gasteiger partial charge in [-0.25, -0.2) is 4.98 Å². The zero-order valence-electron chi connectivity index (χ0n) is 12.6. The quantitative estimate of drug-likeness (QED) is 0.745. The Kier molecular flexibility index (Phi) is 3.68. The van der Waals surface area contributed by atoms with Crippen molar-refractivity contribution in [2.75, 3.05) is 26.7 Å². The van der Waals surface area contributed by atoms with Crippen LogP contribution in [-0.4, -0.2) is 51.3 Å². The van der Waals surface area contributed by atoms with Crippen LogP contribution in [0.3, 0.4) is 0 Å². The maximum absolute atomic E-state index is 12.4. The molecule has 8 nitrogen and oxygen atoms in total. The highest BCUT2D eigenvalue weighted by atomic mass is 32.1. The zero-order valence-corrected chi connectivity index (χ0v) is 13.4. The first-order valence-corrected chi connectivity index (χ1v) is 8.26. The van der Waals surface area contributed by atoms with E-state index in [-0.39, 0.29) is 18.1 Å². The van der Waals surface area contributed by atoms with Crippen LogP contribution in [0.25, 0.3) is 10.2 Å². The van der Waals surface area contributed by atoms with Gasteiger partial charge in [-0.15, -0.1) is 11.3 Å². The fourth-order valence-electron chi connectivity index (χ4n) is 2.71. The normalized spacial score (nSPS) is 19.4. The molecule has 4 rings (SSSR count). The van der Waals surface area contributed by atoms with Gasteiger partial charge >= 0.3 is 0 Å². The van der Waals surface area contributed by atoms with Crippen molar-refractivity contribution in [3.05, 3.63) is 39.8 Å². The molecule has 0 amide bonds. The van der Waals surface area contributed by atoms with Gasteiger partial charge in [-0.3, -0.25) is 14.3 Å². The van der Waals surface area contributed by atoms with E-state index in [0.29, 0.717) is 17.1 Å². The molecule has 1 fully saturated rings. The molecular formula is C14H16N6O2S. The predicted molar refractivity (Wildman–Crippen MR) is 85.5 cm³/mol. The Bertz CT molecular complexity index is 885. The highest BCUT2D eigenvalue weighted by Gasteiger charge is 2.25. The second-order valence-corrected chi connectivity index (χ2v) is 6.46. The smallest absolute Gasteiger partial charge is 0.262 e. The van der Waals surface area contributed by atoms with Gasteiger partial charge < -0.3 is 9.84 Å². The number of hydrogen-bond acceptors (Lipinski definition) is 8. The third kappa shape index (κ3) is 2.67. The number of thiophene rings is 1. The second kappa shape index (κ2) is 5.84. The van der Waals surface area contributed by atoms with Gasteiger partial charge in [0.15, 0.2) is 5.82 Å².